The quantitative estimate of drug-likeness (QED) is 0.266. The average molecular weight is 499 g/mol. The number of aliphatic imine (C=N–C) groups is 3. The second-order valence-electron chi connectivity index (χ2n) is 9.29. The Morgan fingerprint density at radius 3 is 2.36 bits per heavy atom. The summed E-state index contributed by atoms with van der Waals surface area (Å²) >= 11 is 0. The lowest BCUT2D eigenvalue weighted by Crippen LogP contribution is -2.59. The van der Waals surface area contributed by atoms with Crippen molar-refractivity contribution in [3.8, 4) is 0 Å². The molecule has 10 heteroatoms. The Bertz CT molecular complexity index is 942. The van der Waals surface area contributed by atoms with E-state index in [0.29, 0.717) is 24.2 Å². The molecule has 0 spiro atoms. The van der Waals surface area contributed by atoms with Crippen LogP contribution in [0, 0.1) is 0 Å². The molecule has 0 aromatic carbocycles. The number of amides is 2. The van der Waals surface area contributed by atoms with E-state index in [1.807, 2.05) is 24.8 Å². The van der Waals surface area contributed by atoms with E-state index in [1.165, 1.54) is 12.4 Å². The lowest BCUT2D eigenvalue weighted by atomic mass is 9.97. The number of piperidine rings is 1. The number of carbonyl (C=O) groups excluding carboxylic acids is 2. The van der Waals surface area contributed by atoms with Gasteiger partial charge < -0.3 is 16.4 Å². The van der Waals surface area contributed by atoms with Gasteiger partial charge in [0.25, 0.3) is 11.8 Å². The van der Waals surface area contributed by atoms with Gasteiger partial charge in [-0.3, -0.25) is 29.4 Å². The number of likely N-dealkylation sites (tertiary alicyclic amines) is 1. The summed E-state index contributed by atoms with van der Waals surface area (Å²) in [5.41, 5.74) is 13.4. The van der Waals surface area contributed by atoms with E-state index in [1.54, 1.807) is 13.1 Å². The van der Waals surface area contributed by atoms with Gasteiger partial charge in [0.05, 0.1) is 11.8 Å². The normalized spacial score (nSPS) is 22.3. The molecular weight excluding hydrogens is 456 g/mol. The summed E-state index contributed by atoms with van der Waals surface area (Å²) in [6.45, 7) is 14.3. The first kappa shape index (κ1) is 29.1. The molecular formula is C26H42N8O2. The molecule has 0 bridgehead atoms. The zero-order valence-electron chi connectivity index (χ0n) is 22.2. The van der Waals surface area contributed by atoms with Crippen molar-refractivity contribution in [3.63, 3.8) is 0 Å². The third kappa shape index (κ3) is 8.23. The molecule has 10 nitrogen and oxygen atoms in total. The second kappa shape index (κ2) is 14.4. The van der Waals surface area contributed by atoms with Gasteiger partial charge in [-0.05, 0) is 52.0 Å². The molecule has 2 amide bonds. The Morgan fingerprint density at radius 2 is 1.81 bits per heavy atom. The summed E-state index contributed by atoms with van der Waals surface area (Å²) in [7, 11) is 1.72. The molecule has 0 aliphatic carbocycles. The van der Waals surface area contributed by atoms with Crippen LogP contribution in [-0.4, -0.2) is 103 Å². The Labute approximate surface area is 215 Å². The van der Waals surface area contributed by atoms with Gasteiger partial charge >= 0.3 is 0 Å². The predicted octanol–water partition coefficient (Wildman–Crippen LogP) is 1.35. The summed E-state index contributed by atoms with van der Waals surface area (Å²) in [6.07, 6.45) is 9.15. The van der Waals surface area contributed by atoms with Crippen LogP contribution in [0.2, 0.25) is 0 Å². The first-order chi connectivity index (χ1) is 17.2. The third-order valence-corrected chi connectivity index (χ3v) is 6.82. The molecule has 2 saturated heterocycles. The number of nitrogens with two attached hydrogens (primary N) is 2. The van der Waals surface area contributed by atoms with Crippen LogP contribution in [0.4, 0.5) is 0 Å². The van der Waals surface area contributed by atoms with E-state index in [4.69, 9.17) is 11.5 Å². The predicted molar refractivity (Wildman–Crippen MR) is 147 cm³/mol. The number of nitrogens with zero attached hydrogens (tertiary/aromatic N) is 6. The molecule has 0 radical (unpaired) electrons. The maximum absolute atomic E-state index is 13.0. The highest BCUT2D eigenvalue weighted by Crippen LogP contribution is 2.24. The van der Waals surface area contributed by atoms with E-state index in [2.05, 4.69) is 38.4 Å². The fraction of sp³-hybridized carbons (Fsp3) is 0.577. The van der Waals surface area contributed by atoms with Crippen LogP contribution in [0.25, 0.3) is 0 Å². The molecule has 0 aromatic heterocycles. The summed E-state index contributed by atoms with van der Waals surface area (Å²) < 4.78 is 0. The van der Waals surface area contributed by atoms with Gasteiger partial charge in [-0.15, -0.1) is 0 Å². The monoisotopic (exact) mass is 498 g/mol. The van der Waals surface area contributed by atoms with Gasteiger partial charge in [0.15, 0.2) is 0 Å². The molecule has 2 rings (SSSR count). The van der Waals surface area contributed by atoms with Crippen LogP contribution >= 0.6 is 0 Å². The topological polar surface area (TPSA) is 133 Å². The Hall–Kier alpha value is -3.11. The van der Waals surface area contributed by atoms with Crippen molar-refractivity contribution in [1.82, 2.24) is 14.7 Å². The minimum Gasteiger partial charge on any atom is -0.404 e. The molecule has 198 valence electrons. The molecule has 0 aromatic rings. The zero-order valence-corrected chi connectivity index (χ0v) is 22.2. The van der Waals surface area contributed by atoms with Gasteiger partial charge in [0.1, 0.15) is 5.70 Å². The van der Waals surface area contributed by atoms with Crippen molar-refractivity contribution in [2.75, 3.05) is 46.3 Å². The van der Waals surface area contributed by atoms with Crippen molar-refractivity contribution >= 4 is 30.0 Å². The van der Waals surface area contributed by atoms with Crippen molar-refractivity contribution in [2.45, 2.75) is 52.1 Å². The van der Waals surface area contributed by atoms with Crippen LogP contribution in [0.1, 0.15) is 40.0 Å². The second-order valence-corrected chi connectivity index (χ2v) is 9.29. The lowest BCUT2D eigenvalue weighted by Gasteiger charge is -2.47. The molecule has 0 saturated carbocycles. The highest BCUT2D eigenvalue weighted by atomic mass is 16.2. The molecule has 0 unspecified atom stereocenters. The van der Waals surface area contributed by atoms with Crippen LogP contribution in [0.3, 0.4) is 0 Å². The highest BCUT2D eigenvalue weighted by Gasteiger charge is 2.34. The summed E-state index contributed by atoms with van der Waals surface area (Å²) in [6, 6.07) is 0.882. The van der Waals surface area contributed by atoms with Crippen LogP contribution in [-0.2, 0) is 9.59 Å². The van der Waals surface area contributed by atoms with Crippen molar-refractivity contribution in [3.05, 3.63) is 35.8 Å². The van der Waals surface area contributed by atoms with Crippen molar-refractivity contribution < 1.29 is 9.59 Å². The van der Waals surface area contributed by atoms with Gasteiger partial charge in [-0.1, -0.05) is 6.92 Å². The number of carbonyl (C=O) groups is 2. The minimum absolute atomic E-state index is 0.0289. The fourth-order valence-corrected chi connectivity index (χ4v) is 4.79. The minimum atomic E-state index is -0.613. The first-order valence-corrected chi connectivity index (χ1v) is 12.5. The molecule has 36 heavy (non-hydrogen) atoms. The number of hydrogen-bond acceptors (Lipinski definition) is 8. The molecule has 2 fully saturated rings. The van der Waals surface area contributed by atoms with E-state index >= 15 is 0 Å². The van der Waals surface area contributed by atoms with E-state index in [9.17, 15) is 9.59 Å². The summed E-state index contributed by atoms with van der Waals surface area (Å²) in [5, 5.41) is 0. The van der Waals surface area contributed by atoms with Crippen molar-refractivity contribution in [1.29, 1.82) is 0 Å². The number of allylic oxidation sites excluding steroid dienone is 1. The third-order valence-electron chi connectivity index (χ3n) is 6.82. The smallest absolute Gasteiger partial charge is 0.268 e. The summed E-state index contributed by atoms with van der Waals surface area (Å²) in [4.78, 5) is 43.4. The molecule has 4 N–H and O–H groups in total. The largest absolute Gasteiger partial charge is 0.404 e. The van der Waals surface area contributed by atoms with Crippen LogP contribution in [0.15, 0.2) is 50.8 Å². The first-order valence-electron chi connectivity index (χ1n) is 12.5. The fourth-order valence-electron chi connectivity index (χ4n) is 4.79. The Balaban J connectivity index is 1.94. The Morgan fingerprint density at radius 1 is 1.11 bits per heavy atom. The van der Waals surface area contributed by atoms with Gasteiger partial charge in [0, 0.05) is 76.0 Å². The number of hydrogen-bond donors (Lipinski definition) is 2. The zero-order chi connectivity index (χ0) is 26.7. The van der Waals surface area contributed by atoms with Gasteiger partial charge in [0.2, 0.25) is 0 Å². The molecule has 2 heterocycles. The van der Waals surface area contributed by atoms with Gasteiger partial charge in [-0.25, -0.2) is 4.99 Å². The Kier molecular flexibility index (Phi) is 11.7. The number of rotatable bonds is 10. The van der Waals surface area contributed by atoms with Crippen LogP contribution in [0.5, 0.6) is 0 Å². The molecule has 1 atom stereocenters. The van der Waals surface area contributed by atoms with Gasteiger partial charge in [-0.2, -0.15) is 0 Å². The standard InChI is InChI=1S/C26H42N8O2/c1-6-22-18-32(17-20(3)31-24(16-29-4)25(28)35)13-14-34(22)23-9-11-33(12-10-23)26(36)21(15-27)8-7-19(2)30-5/h7-8,15-16,22-23H,4,6,9-14,17-18,27H2,1-3,5H3,(H2,28,35)/b8-7-,21-15-,24-16-,30-19?,31-20?/t22-/m0/s1. The molecule has 2 aliphatic rings. The van der Waals surface area contributed by atoms with E-state index < -0.39 is 5.91 Å². The average Bonchev–Trinajstić information content (AvgIpc) is 2.88. The lowest BCUT2D eigenvalue weighted by molar-refractivity contribution is -0.128. The van der Waals surface area contributed by atoms with Crippen LogP contribution < -0.4 is 11.5 Å². The SMILES string of the molecule is C=N/C=C(\N=C(C)CN1CCN(C2CCN(C(=O)C(/C=C\C(C)=NC)=C\N)CC2)[C@@H](CC)C1)C(N)=O. The van der Waals surface area contributed by atoms with E-state index in [-0.39, 0.29) is 11.6 Å². The van der Waals surface area contributed by atoms with Crippen molar-refractivity contribution in [2.24, 2.45) is 26.4 Å². The number of primary amides is 1. The number of piperazine rings is 1. The van der Waals surface area contributed by atoms with E-state index in [0.717, 1.165) is 63.4 Å². The molecule has 2 aliphatic heterocycles. The summed E-state index contributed by atoms with van der Waals surface area (Å²) in [5.74, 6) is -0.642. The maximum Gasteiger partial charge on any atom is 0.268 e. The maximum atomic E-state index is 13.0. The highest BCUT2D eigenvalue weighted by molar-refractivity contribution is 5.99.